The van der Waals surface area contributed by atoms with Gasteiger partial charge in [0.2, 0.25) is 0 Å². The van der Waals surface area contributed by atoms with E-state index in [1.54, 1.807) is 25.1 Å². The zero-order valence-corrected chi connectivity index (χ0v) is 13.5. The molecule has 0 aliphatic heterocycles. The van der Waals surface area contributed by atoms with Gasteiger partial charge in [-0.3, -0.25) is 4.79 Å². The molecule has 0 unspecified atom stereocenters. The van der Waals surface area contributed by atoms with E-state index >= 15 is 0 Å². The molecule has 0 aromatic heterocycles. The van der Waals surface area contributed by atoms with Crippen LogP contribution in [0.25, 0.3) is 0 Å². The van der Waals surface area contributed by atoms with E-state index in [9.17, 15) is 14.0 Å². The third kappa shape index (κ3) is 4.43. The summed E-state index contributed by atoms with van der Waals surface area (Å²) in [4.78, 5) is 23.6. The van der Waals surface area contributed by atoms with Crippen LogP contribution in [-0.2, 0) is 9.53 Å². The Labute approximate surface area is 142 Å². The second-order valence-corrected chi connectivity index (χ2v) is 5.52. The highest BCUT2D eigenvalue weighted by molar-refractivity contribution is 6.33. The molecule has 1 N–H and O–H groups in total. The van der Waals surface area contributed by atoms with Gasteiger partial charge in [-0.15, -0.1) is 0 Å². The molecule has 23 heavy (non-hydrogen) atoms. The first-order valence-electron chi connectivity index (χ1n) is 6.55. The van der Waals surface area contributed by atoms with Crippen LogP contribution < -0.4 is 5.32 Å². The number of aryl methyl sites for hydroxylation is 1. The fourth-order valence-corrected chi connectivity index (χ4v) is 2.22. The molecule has 0 heterocycles. The molecule has 1 amide bonds. The summed E-state index contributed by atoms with van der Waals surface area (Å²) in [6.07, 6.45) is 0. The van der Waals surface area contributed by atoms with Gasteiger partial charge in [0.25, 0.3) is 5.91 Å². The summed E-state index contributed by atoms with van der Waals surface area (Å²) in [5.41, 5.74) is 0.898. The SMILES string of the molecule is Cc1ccc(Cl)cc1NC(=O)COC(=O)c1c(F)cccc1Cl. The third-order valence-corrected chi connectivity index (χ3v) is 3.53. The Morgan fingerprint density at radius 1 is 1.22 bits per heavy atom. The molecule has 0 aliphatic rings. The minimum absolute atomic E-state index is 0.0823. The van der Waals surface area contributed by atoms with Crippen LogP contribution in [0.3, 0.4) is 0 Å². The van der Waals surface area contributed by atoms with Gasteiger partial charge in [-0.2, -0.15) is 0 Å². The summed E-state index contributed by atoms with van der Waals surface area (Å²) in [6, 6.07) is 8.80. The van der Waals surface area contributed by atoms with Crippen LogP contribution in [0.15, 0.2) is 36.4 Å². The standard InChI is InChI=1S/C16H12Cl2FNO3/c1-9-5-6-10(17)7-13(9)20-14(21)8-23-16(22)15-11(18)3-2-4-12(15)19/h2-7H,8H2,1H3,(H,20,21). The predicted molar refractivity (Wildman–Crippen MR) is 86.5 cm³/mol. The first-order valence-corrected chi connectivity index (χ1v) is 7.31. The summed E-state index contributed by atoms with van der Waals surface area (Å²) in [6.45, 7) is 1.21. The van der Waals surface area contributed by atoms with Gasteiger partial charge < -0.3 is 10.1 Å². The van der Waals surface area contributed by atoms with Crippen molar-refractivity contribution in [3.8, 4) is 0 Å². The number of anilines is 1. The monoisotopic (exact) mass is 355 g/mol. The van der Waals surface area contributed by atoms with Crippen molar-refractivity contribution in [3.63, 3.8) is 0 Å². The molecule has 0 atom stereocenters. The molecule has 0 fully saturated rings. The number of hydrogen-bond donors (Lipinski definition) is 1. The quantitative estimate of drug-likeness (QED) is 0.834. The summed E-state index contributed by atoms with van der Waals surface area (Å²) < 4.78 is 18.4. The second-order valence-electron chi connectivity index (χ2n) is 4.68. The lowest BCUT2D eigenvalue weighted by atomic mass is 10.2. The van der Waals surface area contributed by atoms with Gasteiger partial charge in [0, 0.05) is 10.7 Å². The normalized spacial score (nSPS) is 10.3. The van der Waals surface area contributed by atoms with Crippen molar-refractivity contribution in [2.75, 3.05) is 11.9 Å². The molecule has 0 saturated heterocycles. The fourth-order valence-electron chi connectivity index (χ4n) is 1.81. The number of amides is 1. The van der Waals surface area contributed by atoms with Gasteiger partial charge in [-0.05, 0) is 36.8 Å². The maximum atomic E-state index is 13.6. The largest absolute Gasteiger partial charge is 0.452 e. The van der Waals surface area contributed by atoms with E-state index in [0.29, 0.717) is 10.7 Å². The van der Waals surface area contributed by atoms with Gasteiger partial charge in [0.1, 0.15) is 11.4 Å². The molecule has 4 nitrogen and oxygen atoms in total. The zero-order valence-electron chi connectivity index (χ0n) is 12.0. The van der Waals surface area contributed by atoms with E-state index < -0.39 is 29.9 Å². The topological polar surface area (TPSA) is 55.4 Å². The van der Waals surface area contributed by atoms with E-state index in [-0.39, 0.29) is 5.02 Å². The van der Waals surface area contributed by atoms with E-state index in [1.165, 1.54) is 12.1 Å². The van der Waals surface area contributed by atoms with Crippen molar-refractivity contribution >= 4 is 40.8 Å². The van der Waals surface area contributed by atoms with E-state index in [2.05, 4.69) is 5.32 Å². The number of ether oxygens (including phenoxy) is 1. The smallest absolute Gasteiger partial charge is 0.343 e. The summed E-state index contributed by atoms with van der Waals surface area (Å²) in [7, 11) is 0. The number of carbonyl (C=O) groups excluding carboxylic acids is 2. The van der Waals surface area contributed by atoms with Crippen molar-refractivity contribution < 1.29 is 18.7 Å². The molecule has 0 bridgehead atoms. The highest BCUT2D eigenvalue weighted by Crippen LogP contribution is 2.21. The fraction of sp³-hybridized carbons (Fsp3) is 0.125. The molecule has 0 saturated carbocycles. The van der Waals surface area contributed by atoms with E-state index in [0.717, 1.165) is 11.6 Å². The molecular formula is C16H12Cl2FNO3. The Kier molecular flexibility index (Phi) is 5.58. The molecule has 0 aliphatic carbocycles. The van der Waals surface area contributed by atoms with Crippen molar-refractivity contribution in [1.29, 1.82) is 0 Å². The highest BCUT2D eigenvalue weighted by atomic mass is 35.5. The van der Waals surface area contributed by atoms with Gasteiger partial charge in [0.15, 0.2) is 6.61 Å². The Balaban J connectivity index is 1.99. The molecule has 2 rings (SSSR count). The van der Waals surface area contributed by atoms with Crippen LogP contribution in [0, 0.1) is 12.7 Å². The number of benzene rings is 2. The lowest BCUT2D eigenvalue weighted by molar-refractivity contribution is -0.119. The lowest BCUT2D eigenvalue weighted by Gasteiger charge is -2.10. The van der Waals surface area contributed by atoms with Crippen LogP contribution in [0.1, 0.15) is 15.9 Å². The van der Waals surface area contributed by atoms with Gasteiger partial charge in [-0.25, -0.2) is 9.18 Å². The van der Waals surface area contributed by atoms with Crippen LogP contribution >= 0.6 is 23.2 Å². The first-order chi connectivity index (χ1) is 10.9. The Hall–Kier alpha value is -2.11. The van der Waals surface area contributed by atoms with Crippen LogP contribution in [0.4, 0.5) is 10.1 Å². The minimum Gasteiger partial charge on any atom is -0.452 e. The van der Waals surface area contributed by atoms with Crippen molar-refractivity contribution in [1.82, 2.24) is 0 Å². The number of nitrogens with one attached hydrogen (secondary N) is 1. The minimum atomic E-state index is -1.01. The average Bonchev–Trinajstić information content (AvgIpc) is 2.49. The molecule has 0 radical (unpaired) electrons. The molecule has 2 aromatic carbocycles. The molecular weight excluding hydrogens is 344 g/mol. The summed E-state index contributed by atoms with van der Waals surface area (Å²) in [5, 5.41) is 2.94. The van der Waals surface area contributed by atoms with Crippen molar-refractivity contribution in [2.45, 2.75) is 6.92 Å². The maximum Gasteiger partial charge on any atom is 0.343 e. The van der Waals surface area contributed by atoms with Gasteiger partial charge in [-0.1, -0.05) is 35.3 Å². The Morgan fingerprint density at radius 3 is 2.65 bits per heavy atom. The molecule has 7 heteroatoms. The van der Waals surface area contributed by atoms with Crippen LogP contribution in [0.2, 0.25) is 10.0 Å². The lowest BCUT2D eigenvalue weighted by Crippen LogP contribution is -2.22. The molecule has 0 spiro atoms. The van der Waals surface area contributed by atoms with Crippen LogP contribution in [-0.4, -0.2) is 18.5 Å². The number of halogens is 3. The highest BCUT2D eigenvalue weighted by Gasteiger charge is 2.18. The zero-order chi connectivity index (χ0) is 17.0. The van der Waals surface area contributed by atoms with Gasteiger partial charge >= 0.3 is 5.97 Å². The Bertz CT molecular complexity index is 745. The Morgan fingerprint density at radius 2 is 1.96 bits per heavy atom. The number of rotatable bonds is 4. The average molecular weight is 356 g/mol. The molecule has 120 valence electrons. The van der Waals surface area contributed by atoms with Gasteiger partial charge in [0.05, 0.1) is 5.02 Å². The number of carbonyl (C=O) groups is 2. The summed E-state index contributed by atoms with van der Waals surface area (Å²) in [5.74, 6) is -2.39. The summed E-state index contributed by atoms with van der Waals surface area (Å²) >= 11 is 11.6. The van der Waals surface area contributed by atoms with Crippen LogP contribution in [0.5, 0.6) is 0 Å². The second kappa shape index (κ2) is 7.44. The maximum absolute atomic E-state index is 13.6. The van der Waals surface area contributed by atoms with Crippen molar-refractivity contribution in [2.24, 2.45) is 0 Å². The van der Waals surface area contributed by atoms with E-state index in [4.69, 9.17) is 27.9 Å². The number of hydrogen-bond acceptors (Lipinski definition) is 3. The first kappa shape index (κ1) is 17.2. The predicted octanol–water partition coefficient (Wildman–Crippen LogP) is 4.24. The molecule has 2 aromatic rings. The van der Waals surface area contributed by atoms with E-state index in [1.807, 2.05) is 0 Å². The number of esters is 1. The third-order valence-electron chi connectivity index (χ3n) is 2.97. The van der Waals surface area contributed by atoms with Crippen molar-refractivity contribution in [3.05, 3.63) is 63.4 Å².